The van der Waals surface area contributed by atoms with Gasteiger partial charge < -0.3 is 5.11 Å². The quantitative estimate of drug-likeness (QED) is 0.858. The zero-order chi connectivity index (χ0) is 12.3. The van der Waals surface area contributed by atoms with Crippen LogP contribution in [0, 0.1) is 11.8 Å². The lowest BCUT2D eigenvalue weighted by atomic mass is 9.77. The summed E-state index contributed by atoms with van der Waals surface area (Å²) in [5, 5.41) is 12.4. The Morgan fingerprint density at radius 1 is 1.53 bits per heavy atom. The standard InChI is InChI=1S/C14H21BrOS/c1-2-10-4-3-5-11(6-10)14(16)8-13-7-12(15)9-17-13/h7,9-11,14,16H,2-6,8H2,1H3. The fraction of sp³-hybridized carbons (Fsp3) is 0.714. The predicted octanol–water partition coefficient (Wildman–Crippen LogP) is 4.63. The van der Waals surface area contributed by atoms with E-state index in [4.69, 9.17) is 0 Å². The molecule has 17 heavy (non-hydrogen) atoms. The minimum Gasteiger partial charge on any atom is -0.392 e. The monoisotopic (exact) mass is 316 g/mol. The highest BCUT2D eigenvalue weighted by molar-refractivity contribution is 9.10. The van der Waals surface area contributed by atoms with Crippen molar-refractivity contribution in [1.82, 2.24) is 0 Å². The third-order valence-electron chi connectivity index (χ3n) is 3.98. The molecule has 0 aliphatic heterocycles. The van der Waals surface area contributed by atoms with Gasteiger partial charge in [0, 0.05) is 21.2 Å². The summed E-state index contributed by atoms with van der Waals surface area (Å²) in [5.41, 5.74) is 0. The molecular formula is C14H21BrOS. The first-order chi connectivity index (χ1) is 8.19. The summed E-state index contributed by atoms with van der Waals surface area (Å²) in [5.74, 6) is 1.37. The van der Waals surface area contributed by atoms with E-state index in [-0.39, 0.29) is 6.10 Å². The van der Waals surface area contributed by atoms with E-state index in [0.29, 0.717) is 5.92 Å². The van der Waals surface area contributed by atoms with E-state index in [1.807, 2.05) is 0 Å². The van der Waals surface area contributed by atoms with Gasteiger partial charge in [-0.1, -0.05) is 26.2 Å². The molecule has 3 unspecified atom stereocenters. The highest BCUT2D eigenvalue weighted by Gasteiger charge is 2.26. The van der Waals surface area contributed by atoms with E-state index >= 15 is 0 Å². The Morgan fingerprint density at radius 2 is 2.35 bits per heavy atom. The smallest absolute Gasteiger partial charge is 0.0616 e. The first kappa shape index (κ1) is 13.6. The Balaban J connectivity index is 1.88. The molecule has 1 aliphatic carbocycles. The highest BCUT2D eigenvalue weighted by Crippen LogP contribution is 2.34. The molecule has 1 aromatic rings. The molecule has 1 N–H and O–H groups in total. The van der Waals surface area contributed by atoms with Crippen LogP contribution in [0.1, 0.15) is 43.9 Å². The van der Waals surface area contributed by atoms with Crippen molar-refractivity contribution in [3.8, 4) is 0 Å². The van der Waals surface area contributed by atoms with Gasteiger partial charge in [-0.15, -0.1) is 11.3 Å². The van der Waals surface area contributed by atoms with E-state index in [1.165, 1.54) is 37.0 Å². The van der Waals surface area contributed by atoms with Gasteiger partial charge in [-0.3, -0.25) is 0 Å². The van der Waals surface area contributed by atoms with Crippen molar-refractivity contribution in [2.24, 2.45) is 11.8 Å². The summed E-state index contributed by atoms with van der Waals surface area (Å²) >= 11 is 5.21. The summed E-state index contributed by atoms with van der Waals surface area (Å²) < 4.78 is 1.14. The number of rotatable bonds is 4. The normalized spacial score (nSPS) is 27.0. The summed E-state index contributed by atoms with van der Waals surface area (Å²) in [6.07, 6.45) is 7.06. The second-order valence-electron chi connectivity index (χ2n) is 5.20. The molecule has 3 heteroatoms. The molecule has 1 nitrogen and oxygen atoms in total. The van der Waals surface area contributed by atoms with E-state index in [2.05, 4.69) is 34.3 Å². The number of halogens is 1. The number of hydrogen-bond donors (Lipinski definition) is 1. The molecule has 96 valence electrons. The summed E-state index contributed by atoms with van der Waals surface area (Å²) in [6, 6.07) is 2.13. The second kappa shape index (κ2) is 6.35. The Hall–Kier alpha value is 0.140. The number of aliphatic hydroxyl groups excluding tert-OH is 1. The van der Waals surface area contributed by atoms with E-state index < -0.39 is 0 Å². The van der Waals surface area contributed by atoms with Gasteiger partial charge in [-0.25, -0.2) is 0 Å². The van der Waals surface area contributed by atoms with Gasteiger partial charge in [0.15, 0.2) is 0 Å². The SMILES string of the molecule is CCC1CCCC(C(O)Cc2cc(Br)cs2)C1. The summed E-state index contributed by atoms with van der Waals surface area (Å²) in [6.45, 7) is 2.27. The first-order valence-corrected chi connectivity index (χ1v) is 8.27. The Kier molecular flexibility index (Phi) is 5.07. The number of thiophene rings is 1. The molecule has 1 aromatic heterocycles. The van der Waals surface area contributed by atoms with Crippen LogP contribution in [-0.2, 0) is 6.42 Å². The summed E-state index contributed by atoms with van der Waals surface area (Å²) in [4.78, 5) is 1.29. The molecule has 2 rings (SSSR count). The van der Waals surface area contributed by atoms with Crippen molar-refractivity contribution < 1.29 is 5.11 Å². The van der Waals surface area contributed by atoms with Crippen LogP contribution < -0.4 is 0 Å². The third-order valence-corrected chi connectivity index (χ3v) is 5.70. The largest absolute Gasteiger partial charge is 0.392 e. The van der Waals surface area contributed by atoms with E-state index in [0.717, 1.165) is 16.8 Å². The van der Waals surface area contributed by atoms with Gasteiger partial charge in [-0.05, 0) is 46.7 Å². The molecule has 1 fully saturated rings. The van der Waals surface area contributed by atoms with Gasteiger partial charge in [0.25, 0.3) is 0 Å². The van der Waals surface area contributed by atoms with Crippen molar-refractivity contribution in [3.63, 3.8) is 0 Å². The maximum Gasteiger partial charge on any atom is 0.0616 e. The molecule has 1 saturated carbocycles. The molecule has 1 aliphatic rings. The van der Waals surface area contributed by atoms with Crippen LogP contribution >= 0.6 is 27.3 Å². The Morgan fingerprint density at radius 3 is 3.00 bits per heavy atom. The zero-order valence-electron chi connectivity index (χ0n) is 10.4. The van der Waals surface area contributed by atoms with Crippen LogP contribution in [0.3, 0.4) is 0 Å². The maximum atomic E-state index is 10.3. The van der Waals surface area contributed by atoms with Crippen LogP contribution in [-0.4, -0.2) is 11.2 Å². The predicted molar refractivity (Wildman–Crippen MR) is 77.5 cm³/mol. The Labute approximate surface area is 116 Å². The highest BCUT2D eigenvalue weighted by atomic mass is 79.9. The minimum atomic E-state index is -0.144. The van der Waals surface area contributed by atoms with Crippen LogP contribution in [0.15, 0.2) is 15.9 Å². The second-order valence-corrected chi connectivity index (χ2v) is 7.12. The van der Waals surface area contributed by atoms with Gasteiger partial charge in [0.05, 0.1) is 6.10 Å². The molecule has 0 radical (unpaired) electrons. The number of aliphatic hydroxyl groups is 1. The fourth-order valence-electron chi connectivity index (χ4n) is 2.89. The van der Waals surface area contributed by atoms with Crippen molar-refractivity contribution in [3.05, 3.63) is 20.8 Å². The minimum absolute atomic E-state index is 0.144. The third kappa shape index (κ3) is 3.80. The molecule has 3 atom stereocenters. The first-order valence-electron chi connectivity index (χ1n) is 6.60. The lowest BCUT2D eigenvalue weighted by Crippen LogP contribution is -2.28. The molecular weight excluding hydrogens is 296 g/mol. The van der Waals surface area contributed by atoms with E-state index in [1.54, 1.807) is 11.3 Å². The molecule has 0 spiro atoms. The summed E-state index contributed by atoms with van der Waals surface area (Å²) in [7, 11) is 0. The lowest BCUT2D eigenvalue weighted by molar-refractivity contribution is 0.0691. The fourth-order valence-corrected chi connectivity index (χ4v) is 4.39. The Bertz CT molecular complexity index is 350. The maximum absolute atomic E-state index is 10.3. The van der Waals surface area contributed by atoms with Crippen molar-refractivity contribution in [1.29, 1.82) is 0 Å². The van der Waals surface area contributed by atoms with Crippen LogP contribution in [0.2, 0.25) is 0 Å². The van der Waals surface area contributed by atoms with Crippen molar-refractivity contribution >= 4 is 27.3 Å². The van der Waals surface area contributed by atoms with E-state index in [9.17, 15) is 5.11 Å². The zero-order valence-corrected chi connectivity index (χ0v) is 12.8. The average Bonchev–Trinajstić information content (AvgIpc) is 2.75. The van der Waals surface area contributed by atoms with Crippen molar-refractivity contribution in [2.45, 2.75) is 51.6 Å². The van der Waals surface area contributed by atoms with Gasteiger partial charge >= 0.3 is 0 Å². The topological polar surface area (TPSA) is 20.2 Å². The average molecular weight is 317 g/mol. The van der Waals surface area contributed by atoms with Gasteiger partial charge in [0.2, 0.25) is 0 Å². The lowest BCUT2D eigenvalue weighted by Gasteiger charge is -2.31. The van der Waals surface area contributed by atoms with Crippen molar-refractivity contribution in [2.75, 3.05) is 0 Å². The molecule has 0 aromatic carbocycles. The van der Waals surface area contributed by atoms with Crippen LogP contribution in [0.4, 0.5) is 0 Å². The van der Waals surface area contributed by atoms with Crippen LogP contribution in [0.5, 0.6) is 0 Å². The van der Waals surface area contributed by atoms with Gasteiger partial charge in [-0.2, -0.15) is 0 Å². The molecule has 0 saturated heterocycles. The molecule has 0 amide bonds. The van der Waals surface area contributed by atoms with Crippen LogP contribution in [0.25, 0.3) is 0 Å². The molecule has 1 heterocycles. The van der Waals surface area contributed by atoms with Gasteiger partial charge in [0.1, 0.15) is 0 Å². The molecule has 0 bridgehead atoms. The number of hydrogen-bond acceptors (Lipinski definition) is 2.